The highest BCUT2D eigenvalue weighted by atomic mass is 32.2. The third-order valence-electron chi connectivity index (χ3n) is 4.60. The maximum absolute atomic E-state index is 12.8. The number of carbonyl (C=O) groups is 1. The molecule has 144 valence electrons. The summed E-state index contributed by atoms with van der Waals surface area (Å²) in [5.41, 5.74) is 1.72. The van der Waals surface area contributed by atoms with E-state index in [1.54, 1.807) is 41.3 Å². The zero-order valence-corrected chi connectivity index (χ0v) is 16.4. The van der Waals surface area contributed by atoms with Crippen LogP contribution in [0.25, 0.3) is 0 Å². The number of aryl methyl sites for hydroxylation is 1. The first-order valence-corrected chi connectivity index (χ1v) is 10.4. The maximum Gasteiger partial charge on any atom is 0.253 e. The molecule has 1 amide bonds. The molecule has 0 aliphatic carbocycles. The molecular weight excluding hydrogens is 364 g/mol. The number of hydrogen-bond donors (Lipinski definition) is 0. The Morgan fingerprint density at radius 3 is 2.11 bits per heavy atom. The van der Waals surface area contributed by atoms with Gasteiger partial charge in [-0.25, -0.2) is 8.42 Å². The molecule has 0 spiro atoms. The van der Waals surface area contributed by atoms with Crippen LogP contribution in [0.1, 0.15) is 22.8 Å². The average molecular weight is 388 g/mol. The molecule has 0 atom stereocenters. The number of rotatable bonds is 5. The molecule has 0 radical (unpaired) electrons. The van der Waals surface area contributed by atoms with Crippen LogP contribution in [-0.2, 0) is 10.0 Å². The van der Waals surface area contributed by atoms with Crippen LogP contribution in [0.2, 0.25) is 0 Å². The molecular formula is C20H24N2O4S. The second-order valence-corrected chi connectivity index (χ2v) is 8.40. The van der Waals surface area contributed by atoms with E-state index >= 15 is 0 Å². The van der Waals surface area contributed by atoms with Crippen molar-refractivity contribution in [2.75, 3.05) is 32.8 Å². The topological polar surface area (TPSA) is 66.9 Å². The summed E-state index contributed by atoms with van der Waals surface area (Å²) < 4.78 is 32.4. The smallest absolute Gasteiger partial charge is 0.253 e. The standard InChI is InChI=1S/C20H24N2O4S/c1-3-26-18-8-10-19(11-9-18)27(24,25)22-14-12-21(13-15-22)20(23)17-6-4-16(2)5-7-17/h4-11H,3,12-15H2,1-2H3. The van der Waals surface area contributed by atoms with E-state index in [-0.39, 0.29) is 23.9 Å². The summed E-state index contributed by atoms with van der Waals surface area (Å²) in [6.45, 7) is 5.70. The van der Waals surface area contributed by atoms with Crippen LogP contribution in [0.5, 0.6) is 5.75 Å². The highest BCUT2D eigenvalue weighted by Gasteiger charge is 2.30. The molecule has 7 heteroatoms. The molecule has 1 saturated heterocycles. The molecule has 1 aliphatic rings. The zero-order chi connectivity index (χ0) is 19.4. The van der Waals surface area contributed by atoms with Crippen LogP contribution in [0.15, 0.2) is 53.4 Å². The minimum Gasteiger partial charge on any atom is -0.494 e. The van der Waals surface area contributed by atoms with Gasteiger partial charge < -0.3 is 9.64 Å². The number of carbonyl (C=O) groups excluding carboxylic acids is 1. The number of benzene rings is 2. The monoisotopic (exact) mass is 388 g/mol. The predicted molar refractivity (Wildman–Crippen MR) is 103 cm³/mol. The minimum absolute atomic E-state index is 0.0619. The fraction of sp³-hybridized carbons (Fsp3) is 0.350. The highest BCUT2D eigenvalue weighted by Crippen LogP contribution is 2.21. The molecule has 0 N–H and O–H groups in total. The van der Waals surface area contributed by atoms with Crippen molar-refractivity contribution in [1.29, 1.82) is 0 Å². The number of piperazine rings is 1. The lowest BCUT2D eigenvalue weighted by Crippen LogP contribution is -2.50. The van der Waals surface area contributed by atoms with Crippen LogP contribution >= 0.6 is 0 Å². The van der Waals surface area contributed by atoms with Gasteiger partial charge in [-0.15, -0.1) is 0 Å². The fourth-order valence-electron chi connectivity index (χ4n) is 3.03. The molecule has 2 aromatic rings. The van der Waals surface area contributed by atoms with Crippen LogP contribution < -0.4 is 4.74 Å². The lowest BCUT2D eigenvalue weighted by Gasteiger charge is -2.34. The van der Waals surface area contributed by atoms with Crippen LogP contribution in [0.3, 0.4) is 0 Å². The van der Waals surface area contributed by atoms with Crippen molar-refractivity contribution in [3.63, 3.8) is 0 Å². The van der Waals surface area contributed by atoms with Crippen molar-refractivity contribution in [1.82, 2.24) is 9.21 Å². The Morgan fingerprint density at radius 1 is 0.963 bits per heavy atom. The van der Waals surface area contributed by atoms with Crippen molar-refractivity contribution < 1.29 is 17.9 Å². The summed E-state index contributed by atoms with van der Waals surface area (Å²) in [7, 11) is -3.57. The summed E-state index contributed by atoms with van der Waals surface area (Å²) in [6.07, 6.45) is 0. The Balaban J connectivity index is 1.65. The lowest BCUT2D eigenvalue weighted by molar-refractivity contribution is 0.0698. The third-order valence-corrected chi connectivity index (χ3v) is 6.51. The van der Waals surface area contributed by atoms with E-state index in [0.717, 1.165) is 5.56 Å². The van der Waals surface area contributed by atoms with Gasteiger partial charge in [-0.2, -0.15) is 4.31 Å². The Morgan fingerprint density at radius 2 is 1.56 bits per heavy atom. The van der Waals surface area contributed by atoms with Crippen molar-refractivity contribution in [3.8, 4) is 5.75 Å². The van der Waals surface area contributed by atoms with Gasteiger partial charge in [0.1, 0.15) is 5.75 Å². The van der Waals surface area contributed by atoms with Crippen molar-refractivity contribution in [2.45, 2.75) is 18.7 Å². The van der Waals surface area contributed by atoms with Gasteiger partial charge >= 0.3 is 0 Å². The van der Waals surface area contributed by atoms with Gasteiger partial charge in [-0.3, -0.25) is 4.79 Å². The molecule has 2 aromatic carbocycles. The van der Waals surface area contributed by atoms with Gasteiger partial charge in [0.25, 0.3) is 5.91 Å². The molecule has 1 fully saturated rings. The molecule has 0 bridgehead atoms. The van der Waals surface area contributed by atoms with Crippen molar-refractivity contribution in [3.05, 3.63) is 59.7 Å². The quantitative estimate of drug-likeness (QED) is 0.789. The second kappa shape index (κ2) is 8.10. The Hall–Kier alpha value is -2.38. The molecule has 0 aromatic heterocycles. The van der Waals surface area contributed by atoms with E-state index in [2.05, 4.69) is 0 Å². The largest absolute Gasteiger partial charge is 0.494 e. The SMILES string of the molecule is CCOc1ccc(S(=O)(=O)N2CCN(C(=O)c3ccc(C)cc3)CC2)cc1. The Kier molecular flexibility index (Phi) is 5.82. The Labute approximate surface area is 160 Å². The van der Waals surface area contributed by atoms with Crippen LogP contribution in [-0.4, -0.2) is 56.3 Å². The highest BCUT2D eigenvalue weighted by molar-refractivity contribution is 7.89. The molecule has 0 unspecified atom stereocenters. The Bertz CT molecular complexity index is 885. The number of hydrogen-bond acceptors (Lipinski definition) is 4. The van der Waals surface area contributed by atoms with Crippen LogP contribution in [0, 0.1) is 6.92 Å². The summed E-state index contributed by atoms with van der Waals surface area (Å²) in [5.74, 6) is 0.582. The number of nitrogens with zero attached hydrogens (tertiary/aromatic N) is 2. The van der Waals surface area contributed by atoms with E-state index < -0.39 is 10.0 Å². The third kappa shape index (κ3) is 4.31. The first-order chi connectivity index (χ1) is 12.9. The number of ether oxygens (including phenoxy) is 1. The van der Waals surface area contributed by atoms with E-state index in [1.807, 2.05) is 26.0 Å². The lowest BCUT2D eigenvalue weighted by atomic mass is 10.1. The molecule has 0 saturated carbocycles. The zero-order valence-electron chi connectivity index (χ0n) is 15.6. The minimum atomic E-state index is -3.57. The molecule has 1 heterocycles. The second-order valence-electron chi connectivity index (χ2n) is 6.47. The van der Waals surface area contributed by atoms with Crippen molar-refractivity contribution in [2.24, 2.45) is 0 Å². The van der Waals surface area contributed by atoms with Crippen molar-refractivity contribution >= 4 is 15.9 Å². The van der Waals surface area contributed by atoms with Gasteiger partial charge in [0.05, 0.1) is 11.5 Å². The summed E-state index contributed by atoms with van der Waals surface area (Å²) in [4.78, 5) is 14.5. The van der Waals surface area contributed by atoms with E-state index in [0.29, 0.717) is 31.0 Å². The summed E-state index contributed by atoms with van der Waals surface area (Å²) in [5, 5.41) is 0. The molecule has 6 nitrogen and oxygen atoms in total. The predicted octanol–water partition coefficient (Wildman–Crippen LogP) is 2.54. The van der Waals surface area contributed by atoms with Gasteiger partial charge in [0.2, 0.25) is 10.0 Å². The average Bonchev–Trinajstić information content (AvgIpc) is 2.69. The van der Waals surface area contributed by atoms with Gasteiger partial charge in [0, 0.05) is 31.7 Å². The first kappa shape index (κ1) is 19.4. The van der Waals surface area contributed by atoms with Gasteiger partial charge in [-0.05, 0) is 50.2 Å². The van der Waals surface area contributed by atoms with Gasteiger partial charge in [-0.1, -0.05) is 17.7 Å². The normalized spacial score (nSPS) is 15.6. The molecule has 27 heavy (non-hydrogen) atoms. The van der Waals surface area contributed by atoms with Crippen LogP contribution in [0.4, 0.5) is 0 Å². The van der Waals surface area contributed by atoms with Gasteiger partial charge in [0.15, 0.2) is 0 Å². The summed E-state index contributed by atoms with van der Waals surface area (Å²) in [6, 6.07) is 13.9. The van der Waals surface area contributed by atoms with E-state index in [4.69, 9.17) is 4.74 Å². The summed E-state index contributed by atoms with van der Waals surface area (Å²) >= 11 is 0. The molecule has 3 rings (SSSR count). The first-order valence-electron chi connectivity index (χ1n) is 9.01. The van der Waals surface area contributed by atoms with E-state index in [9.17, 15) is 13.2 Å². The fourth-order valence-corrected chi connectivity index (χ4v) is 4.46. The number of amides is 1. The molecule has 1 aliphatic heterocycles. The number of sulfonamides is 1. The maximum atomic E-state index is 12.8. The van der Waals surface area contributed by atoms with E-state index in [1.165, 1.54) is 4.31 Å².